The molecule has 0 amide bonds. The molecule has 1 unspecified atom stereocenters. The Balaban J connectivity index is 2.32. The average molecular weight is 295 g/mol. The number of rotatable bonds is 5. The molecule has 4 heteroatoms. The van der Waals surface area contributed by atoms with Crippen LogP contribution in [0.4, 0.5) is 8.78 Å². The predicted octanol–water partition coefficient (Wildman–Crippen LogP) is 5.00. The van der Waals surface area contributed by atoms with Gasteiger partial charge in [-0.15, -0.1) is 11.3 Å². The van der Waals surface area contributed by atoms with Gasteiger partial charge in [-0.1, -0.05) is 20.8 Å². The Morgan fingerprint density at radius 1 is 1.15 bits per heavy atom. The van der Waals surface area contributed by atoms with Crippen LogP contribution in [-0.2, 0) is 0 Å². The lowest BCUT2D eigenvalue weighted by Crippen LogP contribution is -2.24. The average Bonchev–Trinajstić information content (AvgIpc) is 2.84. The zero-order chi connectivity index (χ0) is 14.7. The van der Waals surface area contributed by atoms with Crippen LogP contribution in [0.5, 0.6) is 0 Å². The number of benzene rings is 1. The van der Waals surface area contributed by atoms with Crippen LogP contribution in [0.25, 0.3) is 10.4 Å². The van der Waals surface area contributed by atoms with E-state index in [1.165, 1.54) is 17.0 Å². The summed E-state index contributed by atoms with van der Waals surface area (Å²) >= 11 is 1.56. The molecule has 1 heterocycles. The van der Waals surface area contributed by atoms with E-state index in [0.717, 1.165) is 17.5 Å². The maximum Gasteiger partial charge on any atom is 0.134 e. The number of nitrogens with one attached hydrogen (secondary N) is 1. The van der Waals surface area contributed by atoms with Crippen LogP contribution in [0.2, 0.25) is 0 Å². The molecule has 1 aromatic heterocycles. The van der Waals surface area contributed by atoms with Gasteiger partial charge in [-0.05, 0) is 36.7 Å². The second-order valence-corrected chi connectivity index (χ2v) is 6.22. The maximum atomic E-state index is 13.8. The fraction of sp³-hybridized carbons (Fsp3) is 0.375. The standard InChI is InChI=1S/C16H19F2NS/c1-4-19-16(10(2)3)15-8-7-14(20-15)12-6-5-11(17)9-13(12)18/h5-10,16,19H,4H2,1-3H3. The summed E-state index contributed by atoms with van der Waals surface area (Å²) in [5.41, 5.74) is 0.460. The first-order valence-electron chi connectivity index (χ1n) is 6.81. The molecule has 0 saturated heterocycles. The molecule has 20 heavy (non-hydrogen) atoms. The smallest absolute Gasteiger partial charge is 0.134 e. The molecular weight excluding hydrogens is 276 g/mol. The first-order valence-corrected chi connectivity index (χ1v) is 7.63. The molecule has 1 aromatic carbocycles. The third kappa shape index (κ3) is 3.25. The summed E-state index contributed by atoms with van der Waals surface area (Å²) in [7, 11) is 0. The van der Waals surface area contributed by atoms with Gasteiger partial charge in [0.15, 0.2) is 0 Å². The van der Waals surface area contributed by atoms with Crippen molar-refractivity contribution in [1.82, 2.24) is 5.32 Å². The van der Waals surface area contributed by atoms with E-state index < -0.39 is 11.6 Å². The number of hydrogen-bond acceptors (Lipinski definition) is 2. The van der Waals surface area contributed by atoms with Crippen molar-refractivity contribution >= 4 is 11.3 Å². The number of thiophene rings is 1. The van der Waals surface area contributed by atoms with E-state index in [2.05, 4.69) is 26.1 Å². The highest BCUT2D eigenvalue weighted by Gasteiger charge is 2.18. The third-order valence-electron chi connectivity index (χ3n) is 3.22. The Morgan fingerprint density at radius 2 is 1.90 bits per heavy atom. The normalized spacial score (nSPS) is 12.9. The van der Waals surface area contributed by atoms with E-state index in [4.69, 9.17) is 0 Å². The van der Waals surface area contributed by atoms with Crippen molar-refractivity contribution in [3.8, 4) is 10.4 Å². The van der Waals surface area contributed by atoms with E-state index in [1.807, 2.05) is 12.1 Å². The lowest BCUT2D eigenvalue weighted by Gasteiger charge is -2.20. The third-order valence-corrected chi connectivity index (χ3v) is 4.42. The van der Waals surface area contributed by atoms with Gasteiger partial charge in [-0.2, -0.15) is 0 Å². The zero-order valence-electron chi connectivity index (χ0n) is 11.9. The van der Waals surface area contributed by atoms with E-state index in [9.17, 15) is 8.78 Å². The predicted molar refractivity (Wildman–Crippen MR) is 80.9 cm³/mol. The fourth-order valence-corrected chi connectivity index (χ4v) is 3.52. The monoisotopic (exact) mass is 295 g/mol. The van der Waals surface area contributed by atoms with Crippen LogP contribution < -0.4 is 5.32 Å². The van der Waals surface area contributed by atoms with Crippen molar-refractivity contribution in [2.75, 3.05) is 6.54 Å². The fourth-order valence-electron chi connectivity index (χ4n) is 2.24. The molecule has 1 nitrogen and oxygen atoms in total. The topological polar surface area (TPSA) is 12.0 Å². The molecule has 1 N–H and O–H groups in total. The molecular formula is C16H19F2NS. The molecule has 0 aliphatic heterocycles. The summed E-state index contributed by atoms with van der Waals surface area (Å²) in [5, 5.41) is 3.44. The largest absolute Gasteiger partial charge is 0.309 e. The molecule has 0 spiro atoms. The first kappa shape index (κ1) is 15.1. The van der Waals surface area contributed by atoms with Crippen LogP contribution >= 0.6 is 11.3 Å². The minimum absolute atomic E-state index is 0.266. The highest BCUT2D eigenvalue weighted by Crippen LogP contribution is 2.35. The number of hydrogen-bond donors (Lipinski definition) is 1. The van der Waals surface area contributed by atoms with Crippen molar-refractivity contribution in [2.24, 2.45) is 5.92 Å². The van der Waals surface area contributed by atoms with E-state index in [-0.39, 0.29) is 6.04 Å². The molecule has 0 saturated carbocycles. The SMILES string of the molecule is CCNC(c1ccc(-c2ccc(F)cc2F)s1)C(C)C. The molecule has 108 valence electrons. The van der Waals surface area contributed by atoms with Crippen LogP contribution in [0.15, 0.2) is 30.3 Å². The molecule has 2 aromatic rings. The second kappa shape index (κ2) is 6.46. The zero-order valence-corrected chi connectivity index (χ0v) is 12.7. The lowest BCUT2D eigenvalue weighted by molar-refractivity contribution is 0.428. The van der Waals surface area contributed by atoms with Gasteiger partial charge in [0.25, 0.3) is 0 Å². The molecule has 2 rings (SSSR count). The van der Waals surface area contributed by atoms with Crippen LogP contribution in [-0.4, -0.2) is 6.54 Å². The maximum absolute atomic E-state index is 13.8. The van der Waals surface area contributed by atoms with Gasteiger partial charge in [0, 0.05) is 27.4 Å². The van der Waals surface area contributed by atoms with Crippen LogP contribution in [0.3, 0.4) is 0 Å². The summed E-state index contributed by atoms with van der Waals surface area (Å²) < 4.78 is 26.8. The summed E-state index contributed by atoms with van der Waals surface area (Å²) in [4.78, 5) is 2.02. The molecule has 0 fully saturated rings. The van der Waals surface area contributed by atoms with Crippen molar-refractivity contribution in [1.29, 1.82) is 0 Å². The Hall–Kier alpha value is -1.26. The second-order valence-electron chi connectivity index (χ2n) is 5.11. The van der Waals surface area contributed by atoms with Gasteiger partial charge in [0.05, 0.1) is 0 Å². The van der Waals surface area contributed by atoms with Gasteiger partial charge >= 0.3 is 0 Å². The summed E-state index contributed by atoms with van der Waals surface area (Å²) in [5.74, 6) is -0.599. The van der Waals surface area contributed by atoms with Gasteiger partial charge < -0.3 is 5.32 Å². The van der Waals surface area contributed by atoms with E-state index >= 15 is 0 Å². The summed E-state index contributed by atoms with van der Waals surface area (Å²) in [6, 6.07) is 7.92. The molecule has 0 aliphatic rings. The Bertz CT molecular complexity index is 578. The first-order chi connectivity index (χ1) is 9.52. The Morgan fingerprint density at radius 3 is 2.50 bits per heavy atom. The van der Waals surface area contributed by atoms with E-state index in [1.54, 1.807) is 11.3 Å². The van der Waals surface area contributed by atoms with Gasteiger partial charge in [-0.25, -0.2) is 8.78 Å². The van der Waals surface area contributed by atoms with Crippen molar-refractivity contribution in [3.05, 3.63) is 46.8 Å². The van der Waals surface area contributed by atoms with Crippen LogP contribution in [0, 0.1) is 17.6 Å². The van der Waals surface area contributed by atoms with Crippen molar-refractivity contribution < 1.29 is 8.78 Å². The van der Waals surface area contributed by atoms with Crippen molar-refractivity contribution in [2.45, 2.75) is 26.8 Å². The highest BCUT2D eigenvalue weighted by molar-refractivity contribution is 7.15. The minimum Gasteiger partial charge on any atom is -0.309 e. The summed E-state index contributed by atoms with van der Waals surface area (Å²) in [6.45, 7) is 7.28. The summed E-state index contributed by atoms with van der Waals surface area (Å²) in [6.07, 6.45) is 0. The van der Waals surface area contributed by atoms with Gasteiger partial charge in [-0.3, -0.25) is 0 Å². The molecule has 1 atom stereocenters. The molecule has 0 aliphatic carbocycles. The molecule has 0 radical (unpaired) electrons. The quantitative estimate of drug-likeness (QED) is 0.818. The Labute approximate surface area is 122 Å². The minimum atomic E-state index is -0.546. The highest BCUT2D eigenvalue weighted by atomic mass is 32.1. The number of halogens is 2. The van der Waals surface area contributed by atoms with Crippen molar-refractivity contribution in [3.63, 3.8) is 0 Å². The lowest BCUT2D eigenvalue weighted by atomic mass is 10.0. The van der Waals surface area contributed by atoms with E-state index in [0.29, 0.717) is 11.5 Å². The van der Waals surface area contributed by atoms with Gasteiger partial charge in [0.2, 0.25) is 0 Å². The molecule has 0 bridgehead atoms. The Kier molecular flexibility index (Phi) is 4.89. The van der Waals surface area contributed by atoms with Gasteiger partial charge in [0.1, 0.15) is 11.6 Å². The van der Waals surface area contributed by atoms with Crippen LogP contribution in [0.1, 0.15) is 31.7 Å².